The fourth-order valence-corrected chi connectivity index (χ4v) is 3.06. The minimum Gasteiger partial charge on any atom is -0.491 e. The Hall–Kier alpha value is -2.56. The van der Waals surface area contributed by atoms with Crippen LogP contribution in [0.4, 0.5) is 15.8 Å². The summed E-state index contributed by atoms with van der Waals surface area (Å²) in [6.45, 7) is 7.36. The number of carbonyl (C=O) groups is 1. The highest BCUT2D eigenvalue weighted by Gasteiger charge is 2.18. The Kier molecular flexibility index (Phi) is 4.42. The molecule has 3 rings (SSSR count). The fraction of sp³-hybridized carbons (Fsp3) is 0.316. The summed E-state index contributed by atoms with van der Waals surface area (Å²) in [7, 11) is 0. The Morgan fingerprint density at radius 1 is 1.21 bits per heavy atom. The van der Waals surface area contributed by atoms with Crippen LogP contribution in [0, 0.1) is 19.7 Å². The molecule has 1 amide bonds. The summed E-state index contributed by atoms with van der Waals surface area (Å²) in [6, 6.07) is 8.80. The molecule has 0 saturated heterocycles. The first-order valence-electron chi connectivity index (χ1n) is 7.99. The van der Waals surface area contributed by atoms with Gasteiger partial charge in [0.1, 0.15) is 18.2 Å². The van der Waals surface area contributed by atoms with Crippen LogP contribution in [-0.2, 0) is 11.3 Å². The Labute approximate surface area is 141 Å². The van der Waals surface area contributed by atoms with E-state index in [0.29, 0.717) is 25.4 Å². The predicted octanol–water partition coefficient (Wildman–Crippen LogP) is 3.80. The molecule has 0 radical (unpaired) electrons. The van der Waals surface area contributed by atoms with Crippen LogP contribution in [0.5, 0.6) is 5.75 Å². The first kappa shape index (κ1) is 16.3. The van der Waals surface area contributed by atoms with Gasteiger partial charge in [-0.1, -0.05) is 6.07 Å². The minimum absolute atomic E-state index is 0.0759. The molecule has 0 fully saturated rings. The van der Waals surface area contributed by atoms with Crippen LogP contribution >= 0.6 is 0 Å². The summed E-state index contributed by atoms with van der Waals surface area (Å²) < 4.78 is 19.1. The predicted molar refractivity (Wildman–Crippen MR) is 93.2 cm³/mol. The fourth-order valence-electron chi connectivity index (χ4n) is 3.06. The van der Waals surface area contributed by atoms with Gasteiger partial charge in [-0.3, -0.25) is 4.79 Å². The van der Waals surface area contributed by atoms with Gasteiger partial charge in [0, 0.05) is 36.5 Å². The van der Waals surface area contributed by atoms with E-state index < -0.39 is 0 Å². The van der Waals surface area contributed by atoms with Crippen molar-refractivity contribution < 1.29 is 13.9 Å². The number of rotatable bonds is 2. The molecule has 0 aromatic heterocycles. The highest BCUT2D eigenvalue weighted by atomic mass is 19.1. The number of ether oxygens (including phenoxy) is 1. The number of hydrogen-bond acceptors (Lipinski definition) is 3. The second kappa shape index (κ2) is 6.51. The maximum absolute atomic E-state index is 13.4. The van der Waals surface area contributed by atoms with Crippen molar-refractivity contribution in [2.24, 2.45) is 0 Å². The molecule has 0 saturated carbocycles. The standard InChI is InChI=1S/C19H21FN2O2/c1-12-8-17(9-13(2)19(12)21-14(3)23)22-6-7-24-18-10-16(20)5-4-15(18)11-22/h4-5,8-10H,6-7,11H2,1-3H3,(H,21,23). The van der Waals surface area contributed by atoms with E-state index in [1.165, 1.54) is 19.1 Å². The molecule has 24 heavy (non-hydrogen) atoms. The summed E-state index contributed by atoms with van der Waals surface area (Å²) in [5.74, 6) is 0.252. The van der Waals surface area contributed by atoms with E-state index in [1.807, 2.05) is 13.8 Å². The molecule has 126 valence electrons. The zero-order valence-electron chi connectivity index (χ0n) is 14.1. The van der Waals surface area contributed by atoms with Crippen molar-refractivity contribution in [2.45, 2.75) is 27.3 Å². The molecule has 1 aliphatic rings. The van der Waals surface area contributed by atoms with E-state index in [0.717, 1.165) is 28.1 Å². The van der Waals surface area contributed by atoms with Crippen LogP contribution < -0.4 is 15.0 Å². The molecular weight excluding hydrogens is 307 g/mol. The largest absolute Gasteiger partial charge is 0.491 e. The van der Waals surface area contributed by atoms with Gasteiger partial charge in [-0.05, 0) is 43.2 Å². The molecule has 0 aliphatic carbocycles. The van der Waals surface area contributed by atoms with Gasteiger partial charge in [0.15, 0.2) is 0 Å². The van der Waals surface area contributed by atoms with Gasteiger partial charge in [0.2, 0.25) is 5.91 Å². The molecule has 0 bridgehead atoms. The number of carbonyl (C=O) groups excluding carboxylic acids is 1. The van der Waals surface area contributed by atoms with Crippen molar-refractivity contribution in [3.63, 3.8) is 0 Å². The topological polar surface area (TPSA) is 41.6 Å². The molecule has 0 atom stereocenters. The maximum atomic E-state index is 13.4. The van der Waals surface area contributed by atoms with E-state index in [2.05, 4.69) is 22.3 Å². The summed E-state index contributed by atoms with van der Waals surface area (Å²) in [5.41, 5.74) is 4.93. The first-order chi connectivity index (χ1) is 11.4. The van der Waals surface area contributed by atoms with Gasteiger partial charge in [0.25, 0.3) is 0 Å². The number of benzene rings is 2. The highest BCUT2D eigenvalue weighted by Crippen LogP contribution is 2.31. The number of hydrogen-bond donors (Lipinski definition) is 1. The monoisotopic (exact) mass is 328 g/mol. The SMILES string of the molecule is CC(=O)Nc1c(C)cc(N2CCOc3cc(F)ccc3C2)cc1C. The van der Waals surface area contributed by atoms with Gasteiger partial charge in [-0.2, -0.15) is 0 Å². The number of nitrogens with zero attached hydrogens (tertiary/aromatic N) is 1. The highest BCUT2D eigenvalue weighted by molar-refractivity contribution is 5.91. The molecule has 5 heteroatoms. The maximum Gasteiger partial charge on any atom is 0.221 e. The van der Waals surface area contributed by atoms with E-state index in [1.54, 1.807) is 6.07 Å². The van der Waals surface area contributed by atoms with Gasteiger partial charge in [0.05, 0.1) is 6.54 Å². The summed E-state index contributed by atoms with van der Waals surface area (Å²) in [6.07, 6.45) is 0. The van der Waals surface area contributed by atoms with Crippen molar-refractivity contribution in [3.05, 3.63) is 52.8 Å². The molecule has 4 nitrogen and oxygen atoms in total. The van der Waals surface area contributed by atoms with Crippen LogP contribution in [0.2, 0.25) is 0 Å². The number of halogens is 1. The average molecular weight is 328 g/mol. The van der Waals surface area contributed by atoms with Gasteiger partial charge < -0.3 is 15.0 Å². The van der Waals surface area contributed by atoms with Crippen LogP contribution in [0.1, 0.15) is 23.6 Å². The lowest BCUT2D eigenvalue weighted by molar-refractivity contribution is -0.114. The third kappa shape index (κ3) is 3.35. The minimum atomic E-state index is -0.284. The number of amides is 1. The van der Waals surface area contributed by atoms with Crippen LogP contribution in [0.25, 0.3) is 0 Å². The smallest absolute Gasteiger partial charge is 0.221 e. The summed E-state index contributed by atoms with van der Waals surface area (Å²) in [4.78, 5) is 13.6. The van der Waals surface area contributed by atoms with Crippen molar-refractivity contribution in [1.82, 2.24) is 0 Å². The van der Waals surface area contributed by atoms with Crippen LogP contribution in [0.15, 0.2) is 30.3 Å². The Balaban J connectivity index is 1.91. The van der Waals surface area contributed by atoms with Crippen molar-refractivity contribution >= 4 is 17.3 Å². The summed E-state index contributed by atoms with van der Waals surface area (Å²) >= 11 is 0. The van der Waals surface area contributed by atoms with Crippen LogP contribution in [0.3, 0.4) is 0 Å². The molecule has 0 spiro atoms. The lowest BCUT2D eigenvalue weighted by Gasteiger charge is -2.24. The average Bonchev–Trinajstić information content (AvgIpc) is 2.72. The van der Waals surface area contributed by atoms with Gasteiger partial charge in [-0.15, -0.1) is 0 Å². The molecule has 1 heterocycles. The van der Waals surface area contributed by atoms with E-state index in [9.17, 15) is 9.18 Å². The summed E-state index contributed by atoms with van der Waals surface area (Å²) in [5, 5.41) is 2.88. The molecule has 1 N–H and O–H groups in total. The van der Waals surface area contributed by atoms with E-state index in [4.69, 9.17) is 4.74 Å². The van der Waals surface area contributed by atoms with E-state index in [-0.39, 0.29) is 11.7 Å². The van der Waals surface area contributed by atoms with Crippen molar-refractivity contribution in [1.29, 1.82) is 0 Å². The third-order valence-corrected chi connectivity index (χ3v) is 4.19. The number of aryl methyl sites for hydroxylation is 2. The Bertz CT molecular complexity index is 766. The van der Waals surface area contributed by atoms with Gasteiger partial charge >= 0.3 is 0 Å². The third-order valence-electron chi connectivity index (χ3n) is 4.19. The second-order valence-corrected chi connectivity index (χ2v) is 6.16. The molecule has 2 aromatic carbocycles. The number of fused-ring (bicyclic) bond motifs is 1. The number of nitrogens with one attached hydrogen (secondary N) is 1. The van der Waals surface area contributed by atoms with Crippen LogP contribution in [-0.4, -0.2) is 19.1 Å². The molecule has 0 unspecified atom stereocenters. The number of anilines is 2. The van der Waals surface area contributed by atoms with Gasteiger partial charge in [-0.25, -0.2) is 4.39 Å². The lowest BCUT2D eigenvalue weighted by atomic mass is 10.1. The molecular formula is C19H21FN2O2. The van der Waals surface area contributed by atoms with Crippen molar-refractivity contribution in [2.75, 3.05) is 23.4 Å². The quantitative estimate of drug-likeness (QED) is 0.912. The Morgan fingerprint density at radius 2 is 1.92 bits per heavy atom. The molecule has 2 aromatic rings. The lowest BCUT2D eigenvalue weighted by Crippen LogP contribution is -2.25. The normalized spacial score (nSPS) is 13.8. The van der Waals surface area contributed by atoms with E-state index >= 15 is 0 Å². The zero-order chi connectivity index (χ0) is 17.3. The first-order valence-corrected chi connectivity index (χ1v) is 7.99. The zero-order valence-corrected chi connectivity index (χ0v) is 14.1. The Morgan fingerprint density at radius 3 is 2.58 bits per heavy atom. The second-order valence-electron chi connectivity index (χ2n) is 6.16. The van der Waals surface area contributed by atoms with Crippen molar-refractivity contribution in [3.8, 4) is 5.75 Å². The molecule has 1 aliphatic heterocycles.